The molecule has 3 heterocycles. The van der Waals surface area contributed by atoms with Crippen LogP contribution in [-0.4, -0.2) is 41.6 Å². The minimum Gasteiger partial charge on any atom is -0.507 e. The van der Waals surface area contributed by atoms with Gasteiger partial charge in [0.2, 0.25) is 0 Å². The largest absolute Gasteiger partial charge is 0.507 e. The first-order valence-electron chi connectivity index (χ1n) is 9.68. The maximum absolute atomic E-state index is 10.3. The highest BCUT2D eigenvalue weighted by molar-refractivity contribution is 6.32. The lowest BCUT2D eigenvalue weighted by molar-refractivity contribution is 0.245. The van der Waals surface area contributed by atoms with E-state index in [1.165, 1.54) is 11.6 Å². The second kappa shape index (κ2) is 7.51. The maximum atomic E-state index is 10.3. The topological polar surface area (TPSA) is 90.2 Å². The molecule has 152 valence electrons. The predicted octanol–water partition coefficient (Wildman–Crippen LogP) is 3.89. The molecule has 1 aliphatic heterocycles. The summed E-state index contributed by atoms with van der Waals surface area (Å²) in [6.45, 7) is 2.43. The Hall–Kier alpha value is -3.29. The van der Waals surface area contributed by atoms with Crippen LogP contribution in [0.5, 0.6) is 11.5 Å². The molecule has 0 radical (unpaired) electrons. The molecule has 8 heteroatoms. The second-order valence-electron chi connectivity index (χ2n) is 7.43. The molecule has 5 rings (SSSR count). The van der Waals surface area contributed by atoms with Crippen molar-refractivity contribution in [3.63, 3.8) is 0 Å². The lowest BCUT2D eigenvalue weighted by Gasteiger charge is -2.27. The Morgan fingerprint density at radius 3 is 2.70 bits per heavy atom. The molecule has 2 aromatic carbocycles. The van der Waals surface area contributed by atoms with E-state index in [-0.39, 0.29) is 16.5 Å². The minimum atomic E-state index is -0.150. The normalized spacial score (nSPS) is 14.0. The molecule has 0 aliphatic carbocycles. The average molecular weight is 422 g/mol. The van der Waals surface area contributed by atoms with Crippen molar-refractivity contribution in [3.8, 4) is 28.4 Å². The summed E-state index contributed by atoms with van der Waals surface area (Å²) < 4.78 is 1.84. The number of halogens is 1. The fraction of sp³-hybridized carbons (Fsp3) is 0.182. The van der Waals surface area contributed by atoms with Crippen molar-refractivity contribution in [2.45, 2.75) is 19.5 Å². The molecule has 4 aromatic rings. The monoisotopic (exact) mass is 421 g/mol. The number of nitrogens with one attached hydrogen (secondary N) is 1. The molecule has 30 heavy (non-hydrogen) atoms. The lowest BCUT2D eigenvalue weighted by atomic mass is 10.00. The first kappa shape index (κ1) is 18.7. The third-order valence-corrected chi connectivity index (χ3v) is 5.75. The van der Waals surface area contributed by atoms with Gasteiger partial charge in [-0.2, -0.15) is 10.2 Å². The van der Waals surface area contributed by atoms with E-state index in [9.17, 15) is 10.2 Å². The van der Waals surface area contributed by atoms with E-state index in [2.05, 4.69) is 44.5 Å². The SMILES string of the molecule is Oc1cc(O)c(-c2n[nH]c3c2CN(Cc2ccc(-n4cccn4)cc2)CC3)cc1Cl. The highest BCUT2D eigenvalue weighted by atomic mass is 35.5. The van der Waals surface area contributed by atoms with E-state index in [0.717, 1.165) is 36.5 Å². The van der Waals surface area contributed by atoms with Crippen molar-refractivity contribution >= 4 is 11.6 Å². The van der Waals surface area contributed by atoms with Crippen LogP contribution in [0.3, 0.4) is 0 Å². The Bertz CT molecular complexity index is 1190. The molecule has 0 atom stereocenters. The Morgan fingerprint density at radius 1 is 1.10 bits per heavy atom. The third kappa shape index (κ3) is 3.42. The van der Waals surface area contributed by atoms with Crippen LogP contribution in [0.15, 0.2) is 54.9 Å². The summed E-state index contributed by atoms with van der Waals surface area (Å²) in [5.74, 6) is -0.194. The Morgan fingerprint density at radius 2 is 1.93 bits per heavy atom. The van der Waals surface area contributed by atoms with Crippen LogP contribution in [0.25, 0.3) is 16.9 Å². The molecule has 7 nitrogen and oxygen atoms in total. The van der Waals surface area contributed by atoms with Crippen LogP contribution in [0, 0.1) is 0 Å². The molecule has 0 bridgehead atoms. The van der Waals surface area contributed by atoms with Gasteiger partial charge in [-0.05, 0) is 29.8 Å². The van der Waals surface area contributed by atoms with E-state index in [1.54, 1.807) is 12.3 Å². The first-order valence-corrected chi connectivity index (χ1v) is 10.1. The number of rotatable bonds is 4. The minimum absolute atomic E-state index is 0.0440. The Labute approximate surface area is 178 Å². The summed E-state index contributed by atoms with van der Waals surface area (Å²) in [7, 11) is 0. The summed E-state index contributed by atoms with van der Waals surface area (Å²) in [6, 6.07) is 13.1. The fourth-order valence-corrected chi connectivity index (χ4v) is 4.05. The van der Waals surface area contributed by atoms with Gasteiger partial charge in [0.25, 0.3) is 0 Å². The quantitative estimate of drug-likeness (QED) is 0.465. The summed E-state index contributed by atoms with van der Waals surface area (Å²) in [5.41, 5.74) is 5.55. The second-order valence-corrected chi connectivity index (χ2v) is 7.84. The predicted molar refractivity (Wildman–Crippen MR) is 114 cm³/mol. The van der Waals surface area contributed by atoms with E-state index in [1.807, 2.05) is 16.9 Å². The van der Waals surface area contributed by atoms with Crippen LogP contribution >= 0.6 is 11.6 Å². The van der Waals surface area contributed by atoms with Gasteiger partial charge in [-0.3, -0.25) is 10.00 Å². The van der Waals surface area contributed by atoms with Gasteiger partial charge in [0.15, 0.2) is 0 Å². The molecule has 0 saturated carbocycles. The highest BCUT2D eigenvalue weighted by Crippen LogP contribution is 2.39. The van der Waals surface area contributed by atoms with Gasteiger partial charge in [-0.25, -0.2) is 4.68 Å². The van der Waals surface area contributed by atoms with Crippen LogP contribution in [-0.2, 0) is 19.5 Å². The number of nitrogens with zero attached hydrogens (tertiary/aromatic N) is 4. The van der Waals surface area contributed by atoms with Crippen LogP contribution in [0.1, 0.15) is 16.8 Å². The van der Waals surface area contributed by atoms with Crippen molar-refractivity contribution in [3.05, 3.63) is 76.7 Å². The number of fused-ring (bicyclic) bond motifs is 1. The number of H-pyrrole nitrogens is 1. The van der Waals surface area contributed by atoms with E-state index in [4.69, 9.17) is 11.6 Å². The van der Waals surface area contributed by atoms with Gasteiger partial charge >= 0.3 is 0 Å². The number of benzene rings is 2. The Balaban J connectivity index is 1.37. The third-order valence-electron chi connectivity index (χ3n) is 5.44. The van der Waals surface area contributed by atoms with Gasteiger partial charge in [-0.1, -0.05) is 23.7 Å². The summed E-state index contributed by atoms with van der Waals surface area (Å²) >= 11 is 6.06. The number of aromatic amines is 1. The highest BCUT2D eigenvalue weighted by Gasteiger charge is 2.24. The van der Waals surface area contributed by atoms with Crippen LogP contribution in [0.2, 0.25) is 5.02 Å². The van der Waals surface area contributed by atoms with Gasteiger partial charge in [0.05, 0.1) is 10.7 Å². The smallest absolute Gasteiger partial charge is 0.137 e. The van der Waals surface area contributed by atoms with Crippen molar-refractivity contribution in [2.24, 2.45) is 0 Å². The molecule has 3 N–H and O–H groups in total. The Kier molecular flexibility index (Phi) is 4.69. The lowest BCUT2D eigenvalue weighted by Crippen LogP contribution is -2.30. The molecule has 0 fully saturated rings. The summed E-state index contributed by atoms with van der Waals surface area (Å²) in [6.07, 6.45) is 4.54. The van der Waals surface area contributed by atoms with Crippen molar-refractivity contribution in [1.82, 2.24) is 24.9 Å². The molecule has 0 saturated heterocycles. The van der Waals surface area contributed by atoms with Crippen LogP contribution < -0.4 is 0 Å². The number of hydrogen-bond donors (Lipinski definition) is 3. The van der Waals surface area contributed by atoms with Crippen LogP contribution in [0.4, 0.5) is 0 Å². The zero-order valence-corrected chi connectivity index (χ0v) is 16.8. The zero-order chi connectivity index (χ0) is 20.7. The molecule has 0 amide bonds. The number of phenols is 2. The van der Waals surface area contributed by atoms with Gasteiger partial charge in [-0.15, -0.1) is 0 Å². The van der Waals surface area contributed by atoms with Gasteiger partial charge < -0.3 is 10.2 Å². The summed E-state index contributed by atoms with van der Waals surface area (Å²) in [5, 5.41) is 32.0. The number of aromatic nitrogens is 4. The molecule has 0 spiro atoms. The summed E-state index contributed by atoms with van der Waals surface area (Å²) in [4.78, 5) is 2.35. The number of hydrogen-bond acceptors (Lipinski definition) is 5. The van der Waals surface area contributed by atoms with Crippen molar-refractivity contribution in [2.75, 3.05) is 6.54 Å². The number of phenolic OH excluding ortho intramolecular Hbond substituents is 2. The molecule has 1 aliphatic rings. The van der Waals surface area contributed by atoms with Crippen molar-refractivity contribution < 1.29 is 10.2 Å². The fourth-order valence-electron chi connectivity index (χ4n) is 3.88. The first-order chi connectivity index (χ1) is 14.6. The van der Waals surface area contributed by atoms with E-state index < -0.39 is 0 Å². The van der Waals surface area contributed by atoms with E-state index in [0.29, 0.717) is 17.8 Å². The molecule has 2 aromatic heterocycles. The van der Waals surface area contributed by atoms with Gasteiger partial charge in [0.1, 0.15) is 17.2 Å². The zero-order valence-electron chi connectivity index (χ0n) is 16.1. The van der Waals surface area contributed by atoms with E-state index >= 15 is 0 Å². The molecular weight excluding hydrogens is 402 g/mol. The van der Waals surface area contributed by atoms with Gasteiger partial charge in [0, 0.05) is 61.3 Å². The number of aromatic hydroxyl groups is 2. The molecular formula is C22H20ClN5O2. The maximum Gasteiger partial charge on any atom is 0.137 e. The van der Waals surface area contributed by atoms with Crippen molar-refractivity contribution in [1.29, 1.82) is 0 Å². The standard InChI is InChI=1S/C22H20ClN5O2/c23-18-10-16(20(29)11-21(18)30)22-17-13-27(9-6-19(17)25-26-22)12-14-2-4-15(5-3-14)28-8-1-7-24-28/h1-5,7-8,10-11,29-30H,6,9,12-13H2,(H,25,26). The molecule has 0 unspecified atom stereocenters. The average Bonchev–Trinajstić information content (AvgIpc) is 3.41.